The molecule has 0 aliphatic carbocycles. The predicted octanol–water partition coefficient (Wildman–Crippen LogP) is 5.75. The second-order valence-electron chi connectivity index (χ2n) is 6.42. The Labute approximate surface area is 185 Å². The number of carbonyl (C=O) groups is 1. The van der Waals surface area contributed by atoms with Crippen LogP contribution in [0.25, 0.3) is 0 Å². The second kappa shape index (κ2) is 9.90. The smallest absolute Gasteiger partial charge is 0.416 e. The Morgan fingerprint density at radius 2 is 1.55 bits per heavy atom. The molecule has 0 N–H and O–H groups in total. The van der Waals surface area contributed by atoms with Crippen LogP contribution in [0, 0.1) is 10.1 Å². The first kappa shape index (κ1) is 23.4. The summed E-state index contributed by atoms with van der Waals surface area (Å²) in [5.74, 6) is -0.461. The number of ether oxygens (including phenoxy) is 4. The predicted molar refractivity (Wildman–Crippen MR) is 109 cm³/mol. The Morgan fingerprint density at radius 3 is 2.15 bits per heavy atom. The maximum absolute atomic E-state index is 12.7. The summed E-state index contributed by atoms with van der Waals surface area (Å²) in [5.41, 5.74) is -1.23. The molecule has 0 aromatic heterocycles. The van der Waals surface area contributed by atoms with Crippen LogP contribution in [0.5, 0.6) is 28.7 Å². The highest BCUT2D eigenvalue weighted by atomic mass is 19.4. The summed E-state index contributed by atoms with van der Waals surface area (Å²) in [5, 5.41) is 11.4. The second-order valence-corrected chi connectivity index (χ2v) is 6.42. The summed E-state index contributed by atoms with van der Waals surface area (Å²) in [6.07, 6.45) is -4.49. The minimum atomic E-state index is -4.49. The molecule has 3 aromatic carbocycles. The molecule has 3 aromatic rings. The van der Waals surface area contributed by atoms with E-state index in [-0.39, 0.29) is 28.7 Å². The molecule has 0 atom stereocenters. The molecular formula is C22H16F3NO7. The number of nitro groups is 1. The van der Waals surface area contributed by atoms with E-state index in [4.69, 9.17) is 14.2 Å². The fraction of sp³-hybridized carbons (Fsp3) is 0.136. The number of nitro benzene ring substituents is 1. The van der Waals surface area contributed by atoms with E-state index in [1.54, 1.807) is 12.1 Å². The molecule has 11 heteroatoms. The van der Waals surface area contributed by atoms with Crippen molar-refractivity contribution in [1.82, 2.24) is 0 Å². The Bertz CT molecular complexity index is 1150. The van der Waals surface area contributed by atoms with Gasteiger partial charge in [0, 0.05) is 12.1 Å². The summed E-state index contributed by atoms with van der Waals surface area (Å²) in [6, 6.07) is 13.8. The molecule has 33 heavy (non-hydrogen) atoms. The molecule has 0 saturated carbocycles. The Kier molecular flexibility index (Phi) is 7.01. The van der Waals surface area contributed by atoms with E-state index in [1.165, 1.54) is 31.4 Å². The number of alkyl halides is 3. The summed E-state index contributed by atoms with van der Waals surface area (Å²) in [7, 11) is 1.19. The summed E-state index contributed by atoms with van der Waals surface area (Å²) < 4.78 is 59.2. The molecule has 0 bridgehead atoms. The molecule has 0 amide bonds. The monoisotopic (exact) mass is 463 g/mol. The van der Waals surface area contributed by atoms with Gasteiger partial charge < -0.3 is 18.9 Å². The number of hydrogen-bond acceptors (Lipinski definition) is 7. The van der Waals surface area contributed by atoms with Crippen LogP contribution in [0.3, 0.4) is 0 Å². The van der Waals surface area contributed by atoms with Gasteiger partial charge in [-0.2, -0.15) is 13.2 Å². The van der Waals surface area contributed by atoms with Crippen LogP contribution < -0.4 is 14.2 Å². The quantitative estimate of drug-likeness (QED) is 0.238. The summed E-state index contributed by atoms with van der Waals surface area (Å²) >= 11 is 0. The van der Waals surface area contributed by atoms with Crippen LogP contribution in [0.1, 0.15) is 5.56 Å². The van der Waals surface area contributed by atoms with Crippen molar-refractivity contribution in [3.05, 3.63) is 82.4 Å². The molecule has 8 nitrogen and oxygen atoms in total. The number of benzene rings is 3. The lowest BCUT2D eigenvalue weighted by molar-refractivity contribution is -0.385. The average molecular weight is 463 g/mol. The summed E-state index contributed by atoms with van der Waals surface area (Å²) in [4.78, 5) is 22.1. The molecule has 0 unspecified atom stereocenters. The lowest BCUT2D eigenvalue weighted by Crippen LogP contribution is -2.12. The highest BCUT2D eigenvalue weighted by Gasteiger charge is 2.30. The molecule has 0 aliphatic rings. The minimum Gasteiger partial charge on any atom is -0.478 e. The van der Waals surface area contributed by atoms with Gasteiger partial charge in [-0.05, 0) is 42.5 Å². The standard InChI is InChI=1S/C22H16F3NO7/c1-30-21(27)13-31-18-4-2-3-5-19(18)33-20-12-16(10-11-17(20)26(28)29)32-15-8-6-14(7-9-15)22(23,24)25/h2-12H,13H2,1H3. The minimum absolute atomic E-state index is 0.0798. The molecule has 0 radical (unpaired) electrons. The van der Waals surface area contributed by atoms with Gasteiger partial charge in [0.05, 0.1) is 17.6 Å². The highest BCUT2D eigenvalue weighted by molar-refractivity contribution is 5.71. The Balaban J connectivity index is 1.86. The number of esters is 1. The number of carbonyl (C=O) groups excluding carboxylic acids is 1. The first-order chi connectivity index (χ1) is 15.7. The molecule has 0 heterocycles. The number of rotatable bonds is 8. The molecule has 0 saturated heterocycles. The van der Waals surface area contributed by atoms with Crippen molar-refractivity contribution in [2.24, 2.45) is 0 Å². The van der Waals surface area contributed by atoms with Crippen LogP contribution in [0.2, 0.25) is 0 Å². The summed E-state index contributed by atoms with van der Waals surface area (Å²) in [6.45, 7) is -0.407. The highest BCUT2D eigenvalue weighted by Crippen LogP contribution is 2.39. The van der Waals surface area contributed by atoms with Crippen molar-refractivity contribution in [2.75, 3.05) is 13.7 Å². The number of nitrogens with zero attached hydrogens (tertiary/aromatic N) is 1. The van der Waals surface area contributed by atoms with Crippen LogP contribution in [-0.2, 0) is 15.7 Å². The SMILES string of the molecule is COC(=O)COc1ccccc1Oc1cc(Oc2ccc(C(F)(F)F)cc2)ccc1[N+](=O)[O-]. The largest absolute Gasteiger partial charge is 0.478 e. The van der Waals surface area contributed by atoms with Gasteiger partial charge >= 0.3 is 17.8 Å². The van der Waals surface area contributed by atoms with E-state index in [1.807, 2.05) is 0 Å². The van der Waals surface area contributed by atoms with E-state index in [9.17, 15) is 28.1 Å². The lowest BCUT2D eigenvalue weighted by atomic mass is 10.2. The van der Waals surface area contributed by atoms with E-state index in [0.717, 1.165) is 30.3 Å². The van der Waals surface area contributed by atoms with Gasteiger partial charge in [-0.15, -0.1) is 0 Å². The van der Waals surface area contributed by atoms with Gasteiger partial charge in [0.15, 0.2) is 18.1 Å². The van der Waals surface area contributed by atoms with Crippen LogP contribution in [0.4, 0.5) is 18.9 Å². The van der Waals surface area contributed by atoms with Gasteiger partial charge in [0.2, 0.25) is 5.75 Å². The van der Waals surface area contributed by atoms with Crippen molar-refractivity contribution in [2.45, 2.75) is 6.18 Å². The van der Waals surface area contributed by atoms with Crippen molar-refractivity contribution in [3.8, 4) is 28.7 Å². The third kappa shape index (κ3) is 6.12. The average Bonchev–Trinajstić information content (AvgIpc) is 2.78. The topological polar surface area (TPSA) is 97.1 Å². The fourth-order valence-corrected chi connectivity index (χ4v) is 2.61. The van der Waals surface area contributed by atoms with Crippen LogP contribution >= 0.6 is 0 Å². The van der Waals surface area contributed by atoms with Crippen molar-refractivity contribution >= 4 is 11.7 Å². The van der Waals surface area contributed by atoms with E-state index in [0.29, 0.717) is 0 Å². The molecule has 0 spiro atoms. The van der Waals surface area contributed by atoms with Crippen molar-refractivity contribution in [3.63, 3.8) is 0 Å². The number of methoxy groups -OCH3 is 1. The first-order valence-electron chi connectivity index (χ1n) is 9.27. The van der Waals surface area contributed by atoms with Gasteiger partial charge in [-0.3, -0.25) is 10.1 Å². The Hall–Kier alpha value is -4.28. The lowest BCUT2D eigenvalue weighted by Gasteiger charge is -2.13. The van der Waals surface area contributed by atoms with Gasteiger partial charge in [0.25, 0.3) is 0 Å². The zero-order chi connectivity index (χ0) is 24.0. The van der Waals surface area contributed by atoms with E-state index < -0.39 is 34.9 Å². The molecule has 0 aliphatic heterocycles. The van der Waals surface area contributed by atoms with Crippen LogP contribution in [-0.4, -0.2) is 24.6 Å². The first-order valence-corrected chi connectivity index (χ1v) is 9.27. The van der Waals surface area contributed by atoms with E-state index >= 15 is 0 Å². The van der Waals surface area contributed by atoms with Gasteiger partial charge in [-0.1, -0.05) is 12.1 Å². The zero-order valence-corrected chi connectivity index (χ0v) is 17.0. The number of para-hydroxylation sites is 2. The third-order valence-corrected chi connectivity index (χ3v) is 4.19. The number of halogens is 3. The molecule has 3 rings (SSSR count). The van der Waals surface area contributed by atoms with Crippen LogP contribution in [0.15, 0.2) is 66.7 Å². The molecule has 172 valence electrons. The third-order valence-electron chi connectivity index (χ3n) is 4.19. The number of hydrogen-bond donors (Lipinski definition) is 0. The van der Waals surface area contributed by atoms with Crippen molar-refractivity contribution < 1.29 is 41.8 Å². The Morgan fingerprint density at radius 1 is 0.909 bits per heavy atom. The molecular weight excluding hydrogens is 447 g/mol. The van der Waals surface area contributed by atoms with Gasteiger partial charge in [-0.25, -0.2) is 4.79 Å². The van der Waals surface area contributed by atoms with E-state index in [2.05, 4.69) is 4.74 Å². The molecule has 0 fully saturated rings. The normalized spacial score (nSPS) is 10.9. The maximum Gasteiger partial charge on any atom is 0.416 e. The van der Waals surface area contributed by atoms with Crippen molar-refractivity contribution in [1.29, 1.82) is 0 Å². The fourth-order valence-electron chi connectivity index (χ4n) is 2.61. The van der Waals surface area contributed by atoms with Gasteiger partial charge in [0.1, 0.15) is 11.5 Å². The zero-order valence-electron chi connectivity index (χ0n) is 17.0. The maximum atomic E-state index is 12.7.